The van der Waals surface area contributed by atoms with E-state index >= 15 is 0 Å². The molecule has 2 aliphatic rings. The van der Waals surface area contributed by atoms with Crippen LogP contribution in [0.1, 0.15) is 28.3 Å². The molecule has 1 N–H and O–H groups in total. The Bertz CT molecular complexity index is 1060. The molecule has 0 radical (unpaired) electrons. The third-order valence-corrected chi connectivity index (χ3v) is 6.66. The lowest BCUT2D eigenvalue weighted by molar-refractivity contribution is -0.140. The molecule has 0 saturated carbocycles. The summed E-state index contributed by atoms with van der Waals surface area (Å²) >= 11 is 3.45. The second-order valence-corrected chi connectivity index (χ2v) is 9.23. The molecule has 1 amide bonds. The molecule has 32 heavy (non-hydrogen) atoms. The van der Waals surface area contributed by atoms with Crippen molar-refractivity contribution in [3.8, 4) is 0 Å². The van der Waals surface area contributed by atoms with Crippen LogP contribution in [0, 0.1) is 13.8 Å². The molecule has 2 aromatic rings. The minimum atomic E-state index is -0.640. The van der Waals surface area contributed by atoms with Gasteiger partial charge in [-0.25, -0.2) is 0 Å². The van der Waals surface area contributed by atoms with E-state index in [1.807, 2.05) is 56.3 Å². The van der Waals surface area contributed by atoms with Gasteiger partial charge in [0.15, 0.2) is 0 Å². The molecule has 2 saturated heterocycles. The molecule has 2 heterocycles. The summed E-state index contributed by atoms with van der Waals surface area (Å²) in [5.74, 6) is -1.33. The summed E-state index contributed by atoms with van der Waals surface area (Å²) in [4.78, 5) is 30.1. The standard InChI is InChI=1S/C25H27BrN2O4/c1-16-3-4-17(2)20(15-16)23(29)21-22(18-5-7-19(26)8-6-18)28(25(31)24(21)30)10-9-27-11-13-32-14-12-27/h3-8,15,22,29H,9-14H2,1-2H3. The molecule has 1 unspecified atom stereocenters. The van der Waals surface area contributed by atoms with Gasteiger partial charge in [-0.3, -0.25) is 14.5 Å². The Balaban J connectivity index is 1.76. The highest BCUT2D eigenvalue weighted by molar-refractivity contribution is 9.10. The first-order chi connectivity index (χ1) is 15.4. The summed E-state index contributed by atoms with van der Waals surface area (Å²) in [6, 6.07) is 12.6. The molecule has 0 aromatic heterocycles. The molecule has 0 spiro atoms. The highest BCUT2D eigenvalue weighted by Gasteiger charge is 2.46. The van der Waals surface area contributed by atoms with Crippen molar-refractivity contribution in [2.24, 2.45) is 0 Å². The summed E-state index contributed by atoms with van der Waals surface area (Å²) in [5.41, 5.74) is 3.34. The van der Waals surface area contributed by atoms with Gasteiger partial charge in [-0.2, -0.15) is 0 Å². The van der Waals surface area contributed by atoms with Gasteiger partial charge in [0.05, 0.1) is 24.8 Å². The zero-order valence-corrected chi connectivity index (χ0v) is 19.9. The Morgan fingerprint density at radius 3 is 2.44 bits per heavy atom. The van der Waals surface area contributed by atoms with Crippen molar-refractivity contribution in [1.82, 2.24) is 9.80 Å². The van der Waals surface area contributed by atoms with E-state index < -0.39 is 17.7 Å². The maximum atomic E-state index is 13.2. The van der Waals surface area contributed by atoms with Gasteiger partial charge in [-0.1, -0.05) is 45.8 Å². The first-order valence-corrected chi connectivity index (χ1v) is 11.6. The summed E-state index contributed by atoms with van der Waals surface area (Å²) < 4.78 is 6.31. The van der Waals surface area contributed by atoms with Gasteiger partial charge in [0.2, 0.25) is 0 Å². The Morgan fingerprint density at radius 1 is 1.06 bits per heavy atom. The predicted octanol–water partition coefficient (Wildman–Crippen LogP) is 3.82. The number of morpholine rings is 1. The maximum Gasteiger partial charge on any atom is 0.295 e. The van der Waals surface area contributed by atoms with Crippen molar-refractivity contribution in [2.45, 2.75) is 19.9 Å². The lowest BCUT2D eigenvalue weighted by atomic mass is 9.93. The first kappa shape index (κ1) is 22.7. The van der Waals surface area contributed by atoms with E-state index in [0.717, 1.165) is 34.3 Å². The van der Waals surface area contributed by atoms with Gasteiger partial charge in [0.1, 0.15) is 5.76 Å². The number of aliphatic hydroxyl groups excluding tert-OH is 1. The number of aliphatic hydroxyl groups is 1. The van der Waals surface area contributed by atoms with E-state index in [1.54, 1.807) is 4.90 Å². The van der Waals surface area contributed by atoms with E-state index in [0.29, 0.717) is 31.9 Å². The second-order valence-electron chi connectivity index (χ2n) is 8.32. The molecule has 2 aromatic carbocycles. The van der Waals surface area contributed by atoms with E-state index in [-0.39, 0.29) is 11.3 Å². The molecule has 4 rings (SSSR count). The number of Topliss-reactive ketones (excluding diaryl/α,β-unsaturated/α-hetero) is 1. The van der Waals surface area contributed by atoms with Crippen LogP contribution in [0.4, 0.5) is 0 Å². The average molecular weight is 499 g/mol. The van der Waals surface area contributed by atoms with Crippen LogP contribution in [0.3, 0.4) is 0 Å². The Morgan fingerprint density at radius 2 is 1.75 bits per heavy atom. The number of amides is 1. The van der Waals surface area contributed by atoms with Gasteiger partial charge in [-0.15, -0.1) is 0 Å². The number of benzene rings is 2. The highest BCUT2D eigenvalue weighted by Crippen LogP contribution is 2.40. The fraction of sp³-hybridized carbons (Fsp3) is 0.360. The second kappa shape index (κ2) is 9.57. The SMILES string of the molecule is Cc1ccc(C)c(C(O)=C2C(=O)C(=O)N(CCN3CCOCC3)C2c2ccc(Br)cc2)c1. The zero-order chi connectivity index (χ0) is 22.8. The van der Waals surface area contributed by atoms with E-state index in [1.165, 1.54) is 0 Å². The number of hydrogen-bond acceptors (Lipinski definition) is 5. The Hall–Kier alpha value is -2.48. The Labute approximate surface area is 196 Å². The van der Waals surface area contributed by atoms with Crippen LogP contribution in [0.2, 0.25) is 0 Å². The largest absolute Gasteiger partial charge is 0.507 e. The van der Waals surface area contributed by atoms with Crippen LogP contribution < -0.4 is 0 Å². The van der Waals surface area contributed by atoms with Crippen molar-refractivity contribution in [1.29, 1.82) is 0 Å². The summed E-state index contributed by atoms with van der Waals surface area (Å²) in [6.07, 6.45) is 0. The number of nitrogens with zero attached hydrogens (tertiary/aromatic N) is 2. The van der Waals surface area contributed by atoms with Crippen LogP contribution in [0.15, 0.2) is 52.5 Å². The maximum absolute atomic E-state index is 13.2. The van der Waals surface area contributed by atoms with Crippen molar-refractivity contribution in [2.75, 3.05) is 39.4 Å². The van der Waals surface area contributed by atoms with Crippen LogP contribution in [-0.2, 0) is 14.3 Å². The fourth-order valence-electron chi connectivity index (χ4n) is 4.31. The molecule has 0 bridgehead atoms. The van der Waals surface area contributed by atoms with Gasteiger partial charge in [0.25, 0.3) is 11.7 Å². The summed E-state index contributed by atoms with van der Waals surface area (Å²) in [5, 5.41) is 11.3. The normalized spacial score (nSPS) is 21.3. The van der Waals surface area contributed by atoms with E-state index in [9.17, 15) is 14.7 Å². The molecule has 2 aliphatic heterocycles. The lowest BCUT2D eigenvalue weighted by Gasteiger charge is -2.31. The van der Waals surface area contributed by atoms with Gasteiger partial charge >= 0.3 is 0 Å². The summed E-state index contributed by atoms with van der Waals surface area (Å²) in [7, 11) is 0. The van der Waals surface area contributed by atoms with Crippen molar-refractivity contribution < 1.29 is 19.4 Å². The number of carbonyl (C=O) groups is 2. The topological polar surface area (TPSA) is 70.1 Å². The van der Waals surface area contributed by atoms with Crippen LogP contribution in [-0.4, -0.2) is 66.0 Å². The number of aryl methyl sites for hydroxylation is 2. The van der Waals surface area contributed by atoms with Crippen LogP contribution >= 0.6 is 15.9 Å². The number of likely N-dealkylation sites (tertiary alicyclic amines) is 1. The van der Waals surface area contributed by atoms with Crippen molar-refractivity contribution in [3.63, 3.8) is 0 Å². The van der Waals surface area contributed by atoms with Crippen molar-refractivity contribution >= 4 is 33.4 Å². The average Bonchev–Trinajstić information content (AvgIpc) is 3.05. The Kier molecular flexibility index (Phi) is 6.79. The number of rotatable bonds is 5. The third kappa shape index (κ3) is 4.51. The molecular formula is C25H27BrN2O4. The molecule has 0 aliphatic carbocycles. The number of halogens is 1. The van der Waals surface area contributed by atoms with Gasteiger partial charge in [0, 0.05) is 36.2 Å². The lowest BCUT2D eigenvalue weighted by Crippen LogP contribution is -2.42. The number of hydrogen-bond donors (Lipinski definition) is 1. The molecule has 2 fully saturated rings. The highest BCUT2D eigenvalue weighted by atomic mass is 79.9. The monoisotopic (exact) mass is 498 g/mol. The zero-order valence-electron chi connectivity index (χ0n) is 18.3. The minimum absolute atomic E-state index is 0.119. The van der Waals surface area contributed by atoms with Crippen LogP contribution in [0.25, 0.3) is 5.76 Å². The number of carbonyl (C=O) groups excluding carboxylic acids is 2. The minimum Gasteiger partial charge on any atom is -0.507 e. The number of ether oxygens (including phenoxy) is 1. The molecule has 168 valence electrons. The summed E-state index contributed by atoms with van der Waals surface area (Å²) in [6.45, 7) is 7.80. The fourth-order valence-corrected chi connectivity index (χ4v) is 4.58. The van der Waals surface area contributed by atoms with E-state index in [4.69, 9.17) is 4.74 Å². The smallest absolute Gasteiger partial charge is 0.295 e. The molecular weight excluding hydrogens is 472 g/mol. The van der Waals surface area contributed by atoms with Crippen LogP contribution in [0.5, 0.6) is 0 Å². The first-order valence-electron chi connectivity index (χ1n) is 10.8. The molecule has 6 nitrogen and oxygen atoms in total. The third-order valence-electron chi connectivity index (χ3n) is 6.13. The van der Waals surface area contributed by atoms with E-state index in [2.05, 4.69) is 20.8 Å². The predicted molar refractivity (Wildman–Crippen MR) is 126 cm³/mol. The van der Waals surface area contributed by atoms with Crippen molar-refractivity contribution in [3.05, 3.63) is 74.8 Å². The number of ketones is 1. The van der Waals surface area contributed by atoms with Gasteiger partial charge < -0.3 is 14.7 Å². The quantitative estimate of drug-likeness (QED) is 0.385. The molecule has 7 heteroatoms. The van der Waals surface area contributed by atoms with Gasteiger partial charge in [-0.05, 0) is 43.2 Å². The molecule has 1 atom stereocenters.